The van der Waals surface area contributed by atoms with Crippen molar-refractivity contribution in [2.75, 3.05) is 0 Å². The van der Waals surface area contributed by atoms with Crippen LogP contribution in [0.2, 0.25) is 0 Å². The van der Waals surface area contributed by atoms with Gasteiger partial charge in [-0.1, -0.05) is 170 Å². The molecule has 4 nitrogen and oxygen atoms in total. The fourth-order valence-corrected chi connectivity index (χ4v) is 8.18. The van der Waals surface area contributed by atoms with E-state index in [0.29, 0.717) is 17.5 Å². The number of nitrogens with zero attached hydrogens (tertiary/aromatic N) is 3. The van der Waals surface area contributed by atoms with Crippen molar-refractivity contribution in [1.82, 2.24) is 15.0 Å². The predicted molar refractivity (Wildman–Crippen MR) is 235 cm³/mol. The second kappa shape index (κ2) is 13.6. The highest BCUT2D eigenvalue weighted by Crippen LogP contribution is 2.39. The van der Waals surface area contributed by atoms with Crippen LogP contribution in [0.4, 0.5) is 0 Å². The van der Waals surface area contributed by atoms with Crippen molar-refractivity contribution in [1.29, 1.82) is 0 Å². The summed E-state index contributed by atoms with van der Waals surface area (Å²) in [6, 6.07) is 70.0. The van der Waals surface area contributed by atoms with Gasteiger partial charge < -0.3 is 4.42 Å². The standard InChI is InChI=1S/C53H33N3O/c1-3-14-35(15-4-1)41-30-31-46(43-21-10-9-20-42(41)43)52-54-51(55-53(56-52)47-24-13-23-45-44-22-11-12-25-49(44)57-50(45)47)37-28-26-34(27-29-37)39-32-38-18-7-8-19-40(38)48(33-39)36-16-5-2-6-17-36/h1-33H. The molecule has 11 aromatic rings. The van der Waals surface area contributed by atoms with Crippen molar-refractivity contribution in [3.8, 4) is 67.5 Å². The van der Waals surface area contributed by atoms with Gasteiger partial charge in [-0.25, -0.2) is 15.0 Å². The maximum atomic E-state index is 6.50. The van der Waals surface area contributed by atoms with Gasteiger partial charge in [-0.3, -0.25) is 0 Å². The summed E-state index contributed by atoms with van der Waals surface area (Å²) in [5.74, 6) is 1.75. The minimum Gasteiger partial charge on any atom is -0.455 e. The lowest BCUT2D eigenvalue weighted by atomic mass is 9.93. The van der Waals surface area contributed by atoms with Crippen LogP contribution in [0.3, 0.4) is 0 Å². The molecule has 266 valence electrons. The normalized spacial score (nSPS) is 11.5. The van der Waals surface area contributed by atoms with Crippen molar-refractivity contribution in [3.63, 3.8) is 0 Å². The summed E-state index contributed by atoms with van der Waals surface area (Å²) in [4.78, 5) is 15.6. The molecule has 9 aromatic carbocycles. The Morgan fingerprint density at radius 3 is 1.58 bits per heavy atom. The molecular weight excluding hydrogens is 695 g/mol. The number of fused-ring (bicyclic) bond motifs is 5. The molecule has 2 aromatic heterocycles. The van der Waals surface area contributed by atoms with Gasteiger partial charge in [0.25, 0.3) is 0 Å². The molecule has 0 atom stereocenters. The molecule has 0 aliphatic rings. The molecular formula is C53H33N3O. The third kappa shape index (κ3) is 5.74. The smallest absolute Gasteiger partial charge is 0.167 e. The van der Waals surface area contributed by atoms with Crippen LogP contribution in [0.1, 0.15) is 0 Å². The van der Waals surface area contributed by atoms with Crippen LogP contribution in [0.25, 0.3) is 111 Å². The van der Waals surface area contributed by atoms with Crippen LogP contribution in [0.5, 0.6) is 0 Å². The summed E-state index contributed by atoms with van der Waals surface area (Å²) in [7, 11) is 0. The molecule has 11 rings (SSSR count). The Morgan fingerprint density at radius 1 is 0.281 bits per heavy atom. The van der Waals surface area contributed by atoms with E-state index in [9.17, 15) is 0 Å². The first kappa shape index (κ1) is 32.7. The number of aromatic nitrogens is 3. The largest absolute Gasteiger partial charge is 0.455 e. The van der Waals surface area contributed by atoms with Crippen LogP contribution in [0.15, 0.2) is 205 Å². The average Bonchev–Trinajstić information content (AvgIpc) is 3.68. The Labute approximate surface area is 329 Å². The van der Waals surface area contributed by atoms with Crippen LogP contribution in [0, 0.1) is 0 Å². The monoisotopic (exact) mass is 727 g/mol. The van der Waals surface area contributed by atoms with Gasteiger partial charge in [0.15, 0.2) is 17.5 Å². The first-order valence-corrected chi connectivity index (χ1v) is 19.2. The van der Waals surface area contributed by atoms with Gasteiger partial charge in [0.05, 0.1) is 5.56 Å². The van der Waals surface area contributed by atoms with Crippen LogP contribution in [-0.4, -0.2) is 15.0 Å². The first-order chi connectivity index (χ1) is 28.2. The number of para-hydroxylation sites is 2. The molecule has 4 heteroatoms. The molecule has 0 N–H and O–H groups in total. The highest BCUT2D eigenvalue weighted by atomic mass is 16.3. The average molecular weight is 728 g/mol. The summed E-state index contributed by atoms with van der Waals surface area (Å²) in [5, 5.41) is 6.74. The number of furan rings is 1. The van der Waals surface area contributed by atoms with E-state index in [0.717, 1.165) is 71.7 Å². The summed E-state index contributed by atoms with van der Waals surface area (Å²) in [6.07, 6.45) is 0. The minimum absolute atomic E-state index is 0.557. The molecule has 0 radical (unpaired) electrons. The molecule has 0 spiro atoms. The predicted octanol–water partition coefficient (Wildman–Crippen LogP) is 14.1. The van der Waals surface area contributed by atoms with E-state index < -0.39 is 0 Å². The highest BCUT2D eigenvalue weighted by molar-refractivity contribution is 6.09. The lowest BCUT2D eigenvalue weighted by Crippen LogP contribution is -2.01. The van der Waals surface area contributed by atoms with Crippen molar-refractivity contribution in [3.05, 3.63) is 200 Å². The Hall–Kier alpha value is -7.69. The Morgan fingerprint density at radius 2 is 0.825 bits per heavy atom. The van der Waals surface area contributed by atoms with Gasteiger partial charge in [0.1, 0.15) is 11.2 Å². The maximum Gasteiger partial charge on any atom is 0.167 e. The second-order valence-electron chi connectivity index (χ2n) is 14.3. The molecule has 0 bridgehead atoms. The lowest BCUT2D eigenvalue weighted by molar-refractivity contribution is 0.669. The summed E-state index contributed by atoms with van der Waals surface area (Å²) in [5.41, 5.74) is 11.2. The van der Waals surface area contributed by atoms with Gasteiger partial charge in [-0.15, -0.1) is 0 Å². The van der Waals surface area contributed by atoms with Crippen molar-refractivity contribution >= 4 is 43.5 Å². The first-order valence-electron chi connectivity index (χ1n) is 19.2. The number of hydrogen-bond acceptors (Lipinski definition) is 4. The van der Waals surface area contributed by atoms with Gasteiger partial charge in [-0.05, 0) is 85.3 Å². The number of benzene rings is 9. The highest BCUT2D eigenvalue weighted by Gasteiger charge is 2.19. The molecule has 0 aliphatic carbocycles. The molecule has 0 saturated carbocycles. The Kier molecular flexibility index (Phi) is 7.78. The van der Waals surface area contributed by atoms with Crippen LogP contribution in [-0.2, 0) is 0 Å². The van der Waals surface area contributed by atoms with E-state index in [4.69, 9.17) is 19.4 Å². The molecule has 0 amide bonds. The van der Waals surface area contributed by atoms with Gasteiger partial charge in [-0.2, -0.15) is 0 Å². The van der Waals surface area contributed by atoms with Gasteiger partial charge in [0.2, 0.25) is 0 Å². The van der Waals surface area contributed by atoms with E-state index in [1.807, 2.05) is 30.3 Å². The molecule has 0 saturated heterocycles. The Bertz CT molecular complexity index is 3280. The zero-order valence-corrected chi connectivity index (χ0v) is 30.8. The maximum absolute atomic E-state index is 6.50. The second-order valence-corrected chi connectivity index (χ2v) is 14.3. The summed E-state index contributed by atoms with van der Waals surface area (Å²) >= 11 is 0. The van der Waals surface area contributed by atoms with Crippen molar-refractivity contribution in [2.24, 2.45) is 0 Å². The topological polar surface area (TPSA) is 51.8 Å². The van der Waals surface area contributed by atoms with Crippen LogP contribution < -0.4 is 0 Å². The molecule has 2 heterocycles. The quantitative estimate of drug-likeness (QED) is 0.171. The van der Waals surface area contributed by atoms with E-state index >= 15 is 0 Å². The van der Waals surface area contributed by atoms with Gasteiger partial charge in [0, 0.05) is 21.9 Å². The molecule has 0 unspecified atom stereocenters. The van der Waals surface area contributed by atoms with Crippen LogP contribution >= 0.6 is 0 Å². The van der Waals surface area contributed by atoms with E-state index in [1.54, 1.807) is 0 Å². The fourth-order valence-electron chi connectivity index (χ4n) is 8.18. The zero-order valence-electron chi connectivity index (χ0n) is 30.8. The van der Waals surface area contributed by atoms with E-state index in [-0.39, 0.29) is 0 Å². The van der Waals surface area contributed by atoms with Crippen molar-refractivity contribution < 1.29 is 4.42 Å². The summed E-state index contributed by atoms with van der Waals surface area (Å²) < 4.78 is 6.50. The molecule has 0 aliphatic heterocycles. The Balaban J connectivity index is 1.08. The van der Waals surface area contributed by atoms with Gasteiger partial charge >= 0.3 is 0 Å². The molecule has 57 heavy (non-hydrogen) atoms. The lowest BCUT2D eigenvalue weighted by Gasteiger charge is -2.14. The molecule has 0 fully saturated rings. The minimum atomic E-state index is 0.557. The third-order valence-corrected chi connectivity index (χ3v) is 11.0. The third-order valence-electron chi connectivity index (χ3n) is 11.0. The van der Waals surface area contributed by atoms with Crippen molar-refractivity contribution in [2.45, 2.75) is 0 Å². The SMILES string of the molecule is c1ccc(-c2cc(-c3ccc(-c4nc(-c5ccc(-c6ccccc6)c6ccccc56)nc(-c5cccc6c5oc5ccccc56)n4)cc3)cc3ccccc23)cc1. The number of hydrogen-bond donors (Lipinski definition) is 0. The van der Waals surface area contributed by atoms with E-state index in [2.05, 4.69) is 170 Å². The fraction of sp³-hybridized carbons (Fsp3) is 0. The zero-order chi connectivity index (χ0) is 37.7. The summed E-state index contributed by atoms with van der Waals surface area (Å²) in [6.45, 7) is 0. The van der Waals surface area contributed by atoms with E-state index in [1.165, 1.54) is 21.9 Å². The number of rotatable bonds is 6.